The highest BCUT2D eigenvalue weighted by atomic mass is 16.5. The number of rotatable bonds is 4. The van der Waals surface area contributed by atoms with Gasteiger partial charge >= 0.3 is 0 Å². The molecule has 0 saturated carbocycles. The Morgan fingerprint density at radius 3 is 3.00 bits per heavy atom. The molecule has 0 aliphatic heterocycles. The summed E-state index contributed by atoms with van der Waals surface area (Å²) in [6.07, 6.45) is 1.98. The van der Waals surface area contributed by atoms with E-state index >= 15 is 0 Å². The fraction of sp³-hybridized carbons (Fsp3) is 0.250. The molecule has 0 saturated heterocycles. The highest BCUT2D eigenvalue weighted by Crippen LogP contribution is 2.21. The van der Waals surface area contributed by atoms with Gasteiger partial charge in [-0.1, -0.05) is 0 Å². The lowest BCUT2D eigenvalue weighted by molar-refractivity contribution is -0.120. The van der Waals surface area contributed by atoms with Crippen LogP contribution in [0.25, 0.3) is 10.9 Å². The summed E-state index contributed by atoms with van der Waals surface area (Å²) in [5.74, 6) is 0.548. The van der Waals surface area contributed by atoms with Gasteiger partial charge in [0.25, 0.3) is 6.47 Å². The molecule has 1 aromatic carbocycles. The minimum absolute atomic E-state index is 0.0891. The summed E-state index contributed by atoms with van der Waals surface area (Å²) >= 11 is 0. The molecule has 0 bridgehead atoms. The molecule has 4 nitrogen and oxygen atoms in total. The third-order valence-corrected chi connectivity index (χ3v) is 2.41. The van der Waals surface area contributed by atoms with Crippen molar-refractivity contribution in [2.75, 3.05) is 0 Å². The molecule has 1 atom stereocenters. The van der Waals surface area contributed by atoms with E-state index in [1.807, 2.05) is 31.3 Å². The molecule has 0 aliphatic rings. The Balaban J connectivity index is 2.42. The molecular formula is C12H14N2O2. The van der Waals surface area contributed by atoms with Gasteiger partial charge in [0.15, 0.2) is 0 Å². The maximum absolute atomic E-state index is 10.3. The summed E-state index contributed by atoms with van der Waals surface area (Å²) in [6, 6.07) is 7.64. The van der Waals surface area contributed by atoms with Crippen molar-refractivity contribution in [2.45, 2.75) is 19.5 Å². The van der Waals surface area contributed by atoms with Crippen molar-refractivity contribution in [3.63, 3.8) is 0 Å². The first-order chi connectivity index (χ1) is 7.70. The molecule has 0 fully saturated rings. The lowest BCUT2D eigenvalue weighted by Gasteiger charge is -2.08. The molecule has 84 valence electrons. The summed E-state index contributed by atoms with van der Waals surface area (Å²) in [5.41, 5.74) is 6.79. The highest BCUT2D eigenvalue weighted by molar-refractivity contribution is 5.81. The number of carbonyl (C=O) groups is 1. The SMILES string of the molecule is CC(N)Cn1ccc2ccc(OC=O)cc21. The molecule has 2 rings (SSSR count). The number of carbonyl (C=O) groups excluding carboxylic acids is 1. The van der Waals surface area contributed by atoms with E-state index in [0.29, 0.717) is 12.2 Å². The Morgan fingerprint density at radius 1 is 1.50 bits per heavy atom. The largest absolute Gasteiger partial charge is 0.429 e. The number of fused-ring (bicyclic) bond motifs is 1. The maximum Gasteiger partial charge on any atom is 0.298 e. The van der Waals surface area contributed by atoms with Gasteiger partial charge in [0.2, 0.25) is 0 Å². The number of nitrogens with two attached hydrogens (primary N) is 1. The quantitative estimate of drug-likeness (QED) is 0.791. The van der Waals surface area contributed by atoms with Crippen LogP contribution in [0.2, 0.25) is 0 Å². The predicted octanol–water partition coefficient (Wildman–Crippen LogP) is 1.52. The Kier molecular flexibility index (Phi) is 2.92. The number of hydrogen-bond donors (Lipinski definition) is 1. The predicted molar refractivity (Wildman–Crippen MR) is 62.3 cm³/mol. The number of nitrogens with zero attached hydrogens (tertiary/aromatic N) is 1. The van der Waals surface area contributed by atoms with Crippen molar-refractivity contribution in [2.24, 2.45) is 5.73 Å². The van der Waals surface area contributed by atoms with Gasteiger partial charge in [-0.25, -0.2) is 0 Å². The summed E-state index contributed by atoms with van der Waals surface area (Å²) < 4.78 is 6.87. The fourth-order valence-corrected chi connectivity index (χ4v) is 1.76. The van der Waals surface area contributed by atoms with Crippen molar-refractivity contribution >= 4 is 17.4 Å². The van der Waals surface area contributed by atoms with Crippen LogP contribution in [-0.2, 0) is 11.3 Å². The van der Waals surface area contributed by atoms with E-state index in [1.54, 1.807) is 6.07 Å². The van der Waals surface area contributed by atoms with Crippen molar-refractivity contribution < 1.29 is 9.53 Å². The lowest BCUT2D eigenvalue weighted by Crippen LogP contribution is -2.21. The van der Waals surface area contributed by atoms with Crippen molar-refractivity contribution in [1.82, 2.24) is 4.57 Å². The second kappa shape index (κ2) is 4.37. The van der Waals surface area contributed by atoms with E-state index in [4.69, 9.17) is 10.5 Å². The molecule has 0 radical (unpaired) electrons. The monoisotopic (exact) mass is 218 g/mol. The Morgan fingerprint density at radius 2 is 2.31 bits per heavy atom. The molecule has 1 unspecified atom stereocenters. The Hall–Kier alpha value is -1.81. The molecule has 4 heteroatoms. The number of aromatic nitrogens is 1. The van der Waals surface area contributed by atoms with Crippen molar-refractivity contribution in [1.29, 1.82) is 0 Å². The van der Waals surface area contributed by atoms with E-state index in [9.17, 15) is 4.79 Å². The summed E-state index contributed by atoms with van der Waals surface area (Å²) in [5, 5.41) is 1.11. The first kappa shape index (κ1) is 10.7. The maximum atomic E-state index is 10.3. The van der Waals surface area contributed by atoms with Crippen LogP contribution in [0.3, 0.4) is 0 Å². The smallest absolute Gasteiger partial charge is 0.298 e. The van der Waals surface area contributed by atoms with Crippen LogP contribution in [0.1, 0.15) is 6.92 Å². The van der Waals surface area contributed by atoms with Gasteiger partial charge in [-0.15, -0.1) is 0 Å². The zero-order valence-electron chi connectivity index (χ0n) is 9.09. The lowest BCUT2D eigenvalue weighted by atomic mass is 10.2. The fourth-order valence-electron chi connectivity index (χ4n) is 1.76. The minimum Gasteiger partial charge on any atom is -0.429 e. The minimum atomic E-state index is 0.0891. The average Bonchev–Trinajstić information content (AvgIpc) is 2.61. The van der Waals surface area contributed by atoms with Crippen LogP contribution >= 0.6 is 0 Å². The van der Waals surface area contributed by atoms with Crippen LogP contribution in [0, 0.1) is 0 Å². The van der Waals surface area contributed by atoms with Gasteiger partial charge in [0, 0.05) is 24.8 Å². The topological polar surface area (TPSA) is 57.2 Å². The van der Waals surface area contributed by atoms with E-state index in [0.717, 1.165) is 17.4 Å². The first-order valence-electron chi connectivity index (χ1n) is 5.15. The van der Waals surface area contributed by atoms with Gasteiger partial charge in [-0.3, -0.25) is 4.79 Å². The third kappa shape index (κ3) is 2.06. The molecule has 1 aromatic heterocycles. The summed E-state index contributed by atoms with van der Waals surface area (Å²) in [4.78, 5) is 10.3. The van der Waals surface area contributed by atoms with E-state index in [-0.39, 0.29) is 6.04 Å². The second-order valence-corrected chi connectivity index (χ2v) is 3.88. The Labute approximate surface area is 93.6 Å². The van der Waals surface area contributed by atoms with Crippen LogP contribution in [0.5, 0.6) is 5.75 Å². The summed E-state index contributed by atoms with van der Waals surface area (Å²) in [7, 11) is 0. The molecule has 2 aromatic rings. The standard InChI is InChI=1S/C12H14N2O2/c1-9(13)7-14-5-4-10-2-3-11(16-8-15)6-12(10)14/h2-6,8-9H,7,13H2,1H3. The van der Waals surface area contributed by atoms with Crippen LogP contribution in [-0.4, -0.2) is 17.1 Å². The number of ether oxygens (including phenoxy) is 1. The molecule has 2 N–H and O–H groups in total. The van der Waals surface area contributed by atoms with E-state index < -0.39 is 0 Å². The molecule has 0 aliphatic carbocycles. The van der Waals surface area contributed by atoms with Gasteiger partial charge in [-0.05, 0) is 30.5 Å². The van der Waals surface area contributed by atoms with E-state index in [1.165, 1.54) is 0 Å². The van der Waals surface area contributed by atoms with Gasteiger partial charge in [0.1, 0.15) is 5.75 Å². The second-order valence-electron chi connectivity index (χ2n) is 3.88. The zero-order chi connectivity index (χ0) is 11.5. The molecule has 0 spiro atoms. The zero-order valence-corrected chi connectivity index (χ0v) is 9.09. The summed E-state index contributed by atoms with van der Waals surface area (Å²) in [6.45, 7) is 3.13. The van der Waals surface area contributed by atoms with Crippen LogP contribution in [0.15, 0.2) is 30.5 Å². The van der Waals surface area contributed by atoms with Gasteiger partial charge in [0.05, 0.1) is 5.52 Å². The third-order valence-electron chi connectivity index (χ3n) is 2.41. The van der Waals surface area contributed by atoms with Gasteiger partial charge in [-0.2, -0.15) is 0 Å². The molecular weight excluding hydrogens is 204 g/mol. The molecule has 1 heterocycles. The van der Waals surface area contributed by atoms with Gasteiger partial charge < -0.3 is 15.0 Å². The average molecular weight is 218 g/mol. The van der Waals surface area contributed by atoms with Crippen LogP contribution < -0.4 is 10.5 Å². The molecule has 16 heavy (non-hydrogen) atoms. The number of benzene rings is 1. The molecule has 0 amide bonds. The highest BCUT2D eigenvalue weighted by Gasteiger charge is 2.04. The Bertz CT molecular complexity index is 503. The number of hydrogen-bond acceptors (Lipinski definition) is 3. The van der Waals surface area contributed by atoms with Crippen molar-refractivity contribution in [3.05, 3.63) is 30.5 Å². The van der Waals surface area contributed by atoms with Crippen LogP contribution in [0.4, 0.5) is 0 Å². The normalized spacial score (nSPS) is 12.6. The van der Waals surface area contributed by atoms with E-state index in [2.05, 4.69) is 4.57 Å². The van der Waals surface area contributed by atoms with Crippen molar-refractivity contribution in [3.8, 4) is 5.75 Å². The first-order valence-corrected chi connectivity index (χ1v) is 5.15.